The monoisotopic (exact) mass is 595 g/mol. The number of rotatable bonds is 8. The molecule has 37 heavy (non-hydrogen) atoms. The number of nitrogens with one attached hydrogen (secondary N) is 1. The Morgan fingerprint density at radius 1 is 0.838 bits per heavy atom. The summed E-state index contributed by atoms with van der Waals surface area (Å²) in [6, 6.07) is 28.8. The van der Waals surface area contributed by atoms with E-state index >= 15 is 0 Å². The van der Waals surface area contributed by atoms with E-state index in [4.69, 9.17) is 23.2 Å². The molecule has 2 atom stereocenters. The Hall–Kier alpha value is -3.19. The van der Waals surface area contributed by atoms with Gasteiger partial charge < -0.3 is 5.32 Å². The Bertz CT molecular complexity index is 1330. The normalized spacial score (nSPS) is 12.9. The summed E-state index contributed by atoms with van der Waals surface area (Å²) in [5.74, 6) is -1.12. The van der Waals surface area contributed by atoms with Crippen molar-refractivity contribution in [1.29, 1.82) is 0 Å². The summed E-state index contributed by atoms with van der Waals surface area (Å²) in [4.78, 5) is 32.9. The second-order valence-corrected chi connectivity index (χ2v) is 11.8. The highest BCUT2D eigenvalue weighted by atomic mass is 79.9. The molecule has 0 aliphatic rings. The van der Waals surface area contributed by atoms with Gasteiger partial charge in [-0.25, -0.2) is 0 Å². The number of amides is 2. The molecule has 0 saturated carbocycles. The molecule has 0 fully saturated rings. The molecule has 1 heterocycles. The number of hydrogen-bond donors (Lipinski definition) is 1. The van der Waals surface area contributed by atoms with Crippen LogP contribution >= 0.6 is 39.1 Å². The van der Waals surface area contributed by atoms with Crippen LogP contribution in [0.15, 0.2) is 109 Å². The van der Waals surface area contributed by atoms with Gasteiger partial charge in [0.25, 0.3) is 5.91 Å². The van der Waals surface area contributed by atoms with Crippen LogP contribution in [0.5, 0.6) is 0 Å². The first kappa shape index (κ1) is 26.9. The predicted molar refractivity (Wildman–Crippen MR) is 153 cm³/mol. The number of carbonyl (C=O) groups excluding carboxylic acids is 2. The molecule has 0 saturated heterocycles. The van der Waals surface area contributed by atoms with E-state index < -0.39 is 21.1 Å². The molecule has 0 radical (unpaired) electrons. The van der Waals surface area contributed by atoms with Crippen molar-refractivity contribution in [3.8, 4) is 11.1 Å². The molecule has 1 N–H and O–H groups in total. The molecule has 0 spiro atoms. The van der Waals surface area contributed by atoms with Gasteiger partial charge in [-0.2, -0.15) is 0 Å². The van der Waals surface area contributed by atoms with E-state index in [1.54, 1.807) is 36.7 Å². The maximum Gasteiger partial charge on any atom is 0.275 e. The van der Waals surface area contributed by atoms with Crippen LogP contribution in [-0.2, 0) is 9.59 Å². The van der Waals surface area contributed by atoms with E-state index in [0.717, 1.165) is 16.7 Å². The molecule has 4 rings (SSSR count). The number of aromatic nitrogens is 1. The third-order valence-corrected chi connectivity index (χ3v) is 6.54. The van der Waals surface area contributed by atoms with Gasteiger partial charge in [0.1, 0.15) is 6.04 Å². The van der Waals surface area contributed by atoms with E-state index in [1.807, 2.05) is 79.7 Å². The Morgan fingerprint density at radius 2 is 1.41 bits per heavy atom. The minimum Gasteiger partial charge on any atom is -0.347 e. The van der Waals surface area contributed by atoms with Gasteiger partial charge >= 0.3 is 0 Å². The summed E-state index contributed by atoms with van der Waals surface area (Å²) in [5, 5.41) is 3.03. The minimum absolute atomic E-state index is 0.314. The van der Waals surface area contributed by atoms with Crippen LogP contribution in [0.4, 0.5) is 5.69 Å². The zero-order chi connectivity index (χ0) is 26.4. The van der Waals surface area contributed by atoms with Crippen molar-refractivity contribution in [3.63, 3.8) is 0 Å². The standard InChI is InChI=1S/C29H24BrCl2N3O2/c1-20(21-9-4-2-5-10-21)34-27(36)26(24-13-8-18-33-19-24)35(28(37)29(30,31)32)25-16-14-23(15-17-25)22-11-6-3-7-12-22/h2-20,26H,1H3,(H,34,36). The van der Waals surface area contributed by atoms with E-state index in [0.29, 0.717) is 11.3 Å². The summed E-state index contributed by atoms with van der Waals surface area (Å²) in [7, 11) is 0. The Kier molecular flexibility index (Phi) is 8.64. The zero-order valence-corrected chi connectivity index (χ0v) is 23.0. The SMILES string of the molecule is CC(NC(=O)C(c1cccnc1)N(C(=O)C(Cl)(Cl)Br)c1ccc(-c2ccccc2)cc1)c1ccccc1. The molecule has 2 unspecified atom stereocenters. The van der Waals surface area contributed by atoms with Gasteiger partial charge in [-0.1, -0.05) is 102 Å². The molecular formula is C29H24BrCl2N3O2. The van der Waals surface area contributed by atoms with Gasteiger partial charge in [0.2, 0.25) is 9.15 Å². The van der Waals surface area contributed by atoms with E-state index in [9.17, 15) is 9.59 Å². The molecule has 1 aromatic heterocycles. The lowest BCUT2D eigenvalue weighted by molar-refractivity contribution is -0.126. The Labute approximate surface area is 234 Å². The van der Waals surface area contributed by atoms with Crippen molar-refractivity contribution in [3.05, 3.63) is 121 Å². The zero-order valence-electron chi connectivity index (χ0n) is 19.9. The molecule has 5 nitrogen and oxygen atoms in total. The molecule has 3 aromatic carbocycles. The maximum absolute atomic E-state index is 13.8. The van der Waals surface area contributed by atoms with Gasteiger partial charge in [0.05, 0.1) is 6.04 Å². The van der Waals surface area contributed by atoms with Gasteiger partial charge in [-0.15, -0.1) is 0 Å². The fourth-order valence-corrected chi connectivity index (χ4v) is 4.41. The highest BCUT2D eigenvalue weighted by Crippen LogP contribution is 2.38. The van der Waals surface area contributed by atoms with Crippen molar-refractivity contribution >= 4 is 56.6 Å². The fourth-order valence-electron chi connectivity index (χ4n) is 4.04. The third-order valence-electron chi connectivity index (χ3n) is 5.88. The fraction of sp³-hybridized carbons (Fsp3) is 0.138. The van der Waals surface area contributed by atoms with Crippen LogP contribution in [0.2, 0.25) is 0 Å². The van der Waals surface area contributed by atoms with E-state index in [1.165, 1.54) is 4.90 Å². The molecule has 8 heteroatoms. The first-order chi connectivity index (χ1) is 17.8. The minimum atomic E-state index is -1.96. The molecule has 0 aliphatic heterocycles. The molecule has 0 bridgehead atoms. The number of halogens is 3. The topological polar surface area (TPSA) is 62.3 Å². The largest absolute Gasteiger partial charge is 0.347 e. The number of pyridine rings is 1. The van der Waals surface area contributed by atoms with Crippen LogP contribution in [0.25, 0.3) is 11.1 Å². The van der Waals surface area contributed by atoms with Crippen LogP contribution in [-0.4, -0.2) is 20.0 Å². The molecule has 4 aromatic rings. The van der Waals surface area contributed by atoms with Crippen LogP contribution in [0, 0.1) is 0 Å². The molecular weight excluding hydrogens is 573 g/mol. The lowest BCUT2D eigenvalue weighted by Crippen LogP contribution is -2.48. The summed E-state index contributed by atoms with van der Waals surface area (Å²) in [5.41, 5.74) is 3.86. The molecule has 2 amide bonds. The van der Waals surface area contributed by atoms with Crippen molar-refractivity contribution < 1.29 is 9.59 Å². The van der Waals surface area contributed by atoms with Crippen molar-refractivity contribution in [1.82, 2.24) is 10.3 Å². The second-order valence-electron chi connectivity index (χ2n) is 8.42. The van der Waals surface area contributed by atoms with Crippen LogP contribution < -0.4 is 10.2 Å². The predicted octanol–water partition coefficient (Wildman–Crippen LogP) is 7.23. The number of benzene rings is 3. The number of anilines is 1. The van der Waals surface area contributed by atoms with Crippen molar-refractivity contribution in [2.24, 2.45) is 0 Å². The van der Waals surface area contributed by atoms with Crippen molar-refractivity contribution in [2.75, 3.05) is 4.90 Å². The van der Waals surface area contributed by atoms with Gasteiger partial charge in [0.15, 0.2) is 0 Å². The lowest BCUT2D eigenvalue weighted by atomic mass is 10.0. The molecule has 0 aliphatic carbocycles. The van der Waals surface area contributed by atoms with Gasteiger partial charge in [-0.05, 0) is 57.7 Å². The summed E-state index contributed by atoms with van der Waals surface area (Å²) in [6.45, 7) is 1.88. The van der Waals surface area contributed by atoms with Crippen molar-refractivity contribution in [2.45, 2.75) is 22.3 Å². The Balaban J connectivity index is 1.77. The highest BCUT2D eigenvalue weighted by molar-refractivity contribution is 9.11. The average Bonchev–Trinajstić information content (AvgIpc) is 2.92. The Morgan fingerprint density at radius 3 is 1.97 bits per heavy atom. The maximum atomic E-state index is 13.8. The first-order valence-electron chi connectivity index (χ1n) is 11.6. The number of carbonyl (C=O) groups is 2. The summed E-state index contributed by atoms with van der Waals surface area (Å²) >= 11 is 15.5. The number of nitrogens with zero attached hydrogens (tertiary/aromatic N) is 2. The smallest absolute Gasteiger partial charge is 0.275 e. The van der Waals surface area contributed by atoms with Crippen LogP contribution in [0.3, 0.4) is 0 Å². The third kappa shape index (κ3) is 6.58. The van der Waals surface area contributed by atoms with E-state index in [2.05, 4.69) is 26.2 Å². The summed E-state index contributed by atoms with van der Waals surface area (Å²) < 4.78 is -1.96. The van der Waals surface area contributed by atoms with Gasteiger partial charge in [-0.3, -0.25) is 19.5 Å². The van der Waals surface area contributed by atoms with Crippen LogP contribution in [0.1, 0.15) is 30.1 Å². The summed E-state index contributed by atoms with van der Waals surface area (Å²) in [6.07, 6.45) is 3.15. The average molecular weight is 597 g/mol. The van der Waals surface area contributed by atoms with Gasteiger partial charge in [0, 0.05) is 23.6 Å². The molecule has 188 valence electrons. The van der Waals surface area contributed by atoms with E-state index in [-0.39, 0.29) is 6.04 Å². The number of hydrogen-bond acceptors (Lipinski definition) is 3. The second kappa shape index (κ2) is 11.9. The highest BCUT2D eigenvalue weighted by Gasteiger charge is 2.42. The first-order valence-corrected chi connectivity index (χ1v) is 13.1. The number of alkyl halides is 3. The quantitative estimate of drug-likeness (QED) is 0.218. The lowest BCUT2D eigenvalue weighted by Gasteiger charge is -2.34.